The molecule has 1 heterocycles. The van der Waals surface area contributed by atoms with Crippen LogP contribution in [0.1, 0.15) is 67.4 Å². The quantitative estimate of drug-likeness (QED) is 0.713. The van der Waals surface area contributed by atoms with Gasteiger partial charge in [0.05, 0.1) is 0 Å². The standard InChI is InChI=1S/C25H34N2/c1-17-11-8-9-16-22(17)27-20(4)24(21-14-6-5-7-15-21)26-25(27)23-18(2)12-10-13-19(23)3/h8-13,16,20-21,24-26H,5-7,14-15H2,1-4H3/t20-,24?,25?/m0/s1/i/hD. The Kier molecular flexibility index (Phi) is 4.92. The summed E-state index contributed by atoms with van der Waals surface area (Å²) in [6, 6.07) is 15.8. The van der Waals surface area contributed by atoms with Crippen LogP contribution >= 0.6 is 0 Å². The highest BCUT2D eigenvalue weighted by molar-refractivity contribution is 5.58. The minimum atomic E-state index is -0.0239. The van der Waals surface area contributed by atoms with Gasteiger partial charge in [-0.15, -0.1) is 0 Å². The van der Waals surface area contributed by atoms with Crippen LogP contribution in [0.25, 0.3) is 0 Å². The normalized spacial score (nSPS) is 27.8. The summed E-state index contributed by atoms with van der Waals surface area (Å²) < 4.78 is 9.29. The maximum Gasteiger partial charge on any atom is 0.125 e. The summed E-state index contributed by atoms with van der Waals surface area (Å²) in [7, 11) is 0. The molecule has 1 saturated carbocycles. The van der Waals surface area contributed by atoms with Gasteiger partial charge in [0.25, 0.3) is 0 Å². The topological polar surface area (TPSA) is 15.3 Å². The lowest BCUT2D eigenvalue weighted by molar-refractivity contribution is 0.272. The molecule has 0 radical (unpaired) electrons. The fourth-order valence-electron chi connectivity index (χ4n) is 5.39. The summed E-state index contributed by atoms with van der Waals surface area (Å²) in [6.45, 7) is 8.95. The zero-order valence-electron chi connectivity index (χ0n) is 18.3. The SMILES string of the molecule is [2H]N1C(C2CCCCC2)[C@H](C)N(c2ccccc2C)C1c1c(C)cccc1C. The molecule has 2 aromatic carbocycles. The van der Waals surface area contributed by atoms with Gasteiger partial charge in [-0.05, 0) is 74.8 Å². The average molecular weight is 364 g/mol. The molecule has 3 atom stereocenters. The van der Waals surface area contributed by atoms with E-state index in [1.54, 1.807) is 0 Å². The summed E-state index contributed by atoms with van der Waals surface area (Å²) in [5.74, 6) is 0.627. The molecular formula is C25H34N2. The molecule has 0 aromatic heterocycles. The summed E-state index contributed by atoms with van der Waals surface area (Å²) in [4.78, 5) is 2.54. The molecule has 1 aliphatic heterocycles. The minimum absolute atomic E-state index is 0.0239. The maximum atomic E-state index is 9.29. The summed E-state index contributed by atoms with van der Waals surface area (Å²) in [6.07, 6.45) is 6.51. The van der Waals surface area contributed by atoms with E-state index in [4.69, 9.17) is 0 Å². The van der Waals surface area contributed by atoms with Gasteiger partial charge in [0.2, 0.25) is 0 Å². The van der Waals surface area contributed by atoms with Crippen molar-refractivity contribution in [3.05, 3.63) is 64.7 Å². The molecule has 1 aliphatic carbocycles. The molecule has 2 heteroatoms. The lowest BCUT2D eigenvalue weighted by Crippen LogP contribution is -2.40. The van der Waals surface area contributed by atoms with Gasteiger partial charge in [0.1, 0.15) is 7.58 Å². The number of aryl methyl sites for hydroxylation is 3. The van der Waals surface area contributed by atoms with E-state index >= 15 is 0 Å². The molecule has 2 fully saturated rings. The molecule has 2 unspecified atom stereocenters. The van der Waals surface area contributed by atoms with Crippen molar-refractivity contribution in [3.8, 4) is 0 Å². The highest BCUT2D eigenvalue weighted by atomic mass is 15.4. The number of rotatable bonds is 3. The molecule has 0 spiro atoms. The molecule has 2 aliphatic rings. The lowest BCUT2D eigenvalue weighted by atomic mass is 9.82. The first-order valence-corrected chi connectivity index (χ1v) is 10.7. The van der Waals surface area contributed by atoms with Crippen molar-refractivity contribution in [2.75, 3.05) is 4.90 Å². The largest absolute Gasteiger partial charge is 0.347 e. The van der Waals surface area contributed by atoms with Crippen molar-refractivity contribution >= 4 is 5.69 Å². The number of hydrogen-bond acceptors (Lipinski definition) is 2. The summed E-state index contributed by atoms with van der Waals surface area (Å²) in [5, 5.41) is 1.96. The van der Waals surface area contributed by atoms with E-state index in [0.29, 0.717) is 12.0 Å². The predicted molar refractivity (Wildman–Crippen MR) is 115 cm³/mol. The molecule has 4 rings (SSSR count). The van der Waals surface area contributed by atoms with Gasteiger partial charge in [-0.2, -0.15) is 0 Å². The lowest BCUT2D eigenvalue weighted by Gasteiger charge is -2.34. The zero-order chi connectivity index (χ0) is 19.8. The van der Waals surface area contributed by atoms with Crippen LogP contribution in [0.3, 0.4) is 0 Å². The molecule has 1 N–H and O–H groups in total. The van der Waals surface area contributed by atoms with Crippen LogP contribution in [0, 0.1) is 26.7 Å². The molecule has 0 amide bonds. The van der Waals surface area contributed by atoms with Crippen LogP contribution in [-0.2, 0) is 0 Å². The van der Waals surface area contributed by atoms with Crippen molar-refractivity contribution in [3.63, 3.8) is 0 Å². The Morgan fingerprint density at radius 2 is 1.52 bits per heavy atom. The van der Waals surface area contributed by atoms with Crippen molar-refractivity contribution < 1.29 is 1.41 Å². The second-order valence-corrected chi connectivity index (χ2v) is 8.65. The van der Waals surface area contributed by atoms with Crippen LogP contribution in [-0.4, -0.2) is 12.1 Å². The van der Waals surface area contributed by atoms with E-state index in [0.717, 1.165) is 0 Å². The monoisotopic (exact) mass is 363 g/mol. The van der Waals surface area contributed by atoms with Crippen LogP contribution in [0.5, 0.6) is 0 Å². The van der Waals surface area contributed by atoms with E-state index in [1.807, 2.05) is 5.31 Å². The average Bonchev–Trinajstić information content (AvgIpc) is 2.93. The van der Waals surface area contributed by atoms with Crippen LogP contribution in [0.4, 0.5) is 5.69 Å². The minimum Gasteiger partial charge on any atom is -0.347 e. The van der Waals surface area contributed by atoms with Crippen LogP contribution in [0.15, 0.2) is 42.5 Å². The van der Waals surface area contributed by atoms with Crippen molar-refractivity contribution in [1.29, 1.82) is 0 Å². The Labute approximate surface area is 166 Å². The fraction of sp³-hybridized carbons (Fsp3) is 0.520. The molecule has 0 bridgehead atoms. The van der Waals surface area contributed by atoms with E-state index < -0.39 is 0 Å². The Hall–Kier alpha value is -1.80. The van der Waals surface area contributed by atoms with Crippen molar-refractivity contribution in [2.45, 2.75) is 78.0 Å². The third kappa shape index (κ3) is 3.40. The number of anilines is 1. The van der Waals surface area contributed by atoms with Crippen molar-refractivity contribution in [1.82, 2.24) is 5.31 Å². The van der Waals surface area contributed by atoms with Gasteiger partial charge in [-0.3, -0.25) is 5.31 Å². The van der Waals surface area contributed by atoms with Crippen molar-refractivity contribution in [2.24, 2.45) is 5.92 Å². The third-order valence-corrected chi connectivity index (χ3v) is 6.84. The molecular weight excluding hydrogens is 328 g/mol. The summed E-state index contributed by atoms with van der Waals surface area (Å²) >= 11 is 0. The Bertz CT molecular complexity index is 807. The van der Waals surface area contributed by atoms with Gasteiger partial charge in [-0.1, -0.05) is 55.7 Å². The Balaban J connectivity index is 1.83. The number of nitrogens with one attached hydrogen (secondary N) is 1. The molecule has 27 heavy (non-hydrogen) atoms. The second kappa shape index (κ2) is 7.67. The molecule has 144 valence electrons. The second-order valence-electron chi connectivity index (χ2n) is 8.65. The van der Waals surface area contributed by atoms with Gasteiger partial charge in [0, 0.05) is 17.8 Å². The van der Waals surface area contributed by atoms with E-state index in [1.165, 1.54) is 60.0 Å². The highest BCUT2D eigenvalue weighted by Crippen LogP contribution is 2.42. The number of benzene rings is 2. The number of hydrogen-bond donors (Lipinski definition) is 1. The maximum absolute atomic E-state index is 9.29. The smallest absolute Gasteiger partial charge is 0.125 e. The Morgan fingerprint density at radius 3 is 2.19 bits per heavy atom. The first-order chi connectivity index (χ1) is 13.5. The van der Waals surface area contributed by atoms with Gasteiger partial charge in [0.15, 0.2) is 0 Å². The molecule has 1 saturated heterocycles. The highest BCUT2D eigenvalue weighted by Gasteiger charge is 2.43. The van der Waals surface area contributed by atoms with Gasteiger partial charge in [-0.25, -0.2) is 0 Å². The third-order valence-electron chi connectivity index (χ3n) is 6.84. The fourth-order valence-corrected chi connectivity index (χ4v) is 5.39. The van der Waals surface area contributed by atoms with Gasteiger partial charge >= 0.3 is 0 Å². The van der Waals surface area contributed by atoms with Crippen LogP contribution < -0.4 is 10.2 Å². The first-order valence-electron chi connectivity index (χ1n) is 11.1. The molecule has 2 aromatic rings. The predicted octanol–water partition coefficient (Wildman–Crippen LogP) is 6.06. The molecule has 2 nitrogen and oxygen atoms in total. The zero-order valence-corrected chi connectivity index (χ0v) is 17.3. The number of nitrogens with zero attached hydrogens (tertiary/aromatic N) is 1. The van der Waals surface area contributed by atoms with E-state index in [2.05, 4.69) is 75.1 Å². The Morgan fingerprint density at radius 1 is 0.889 bits per heavy atom. The van der Waals surface area contributed by atoms with E-state index in [9.17, 15) is 1.41 Å². The summed E-state index contributed by atoms with van der Waals surface area (Å²) in [5.41, 5.74) is 6.46. The van der Waals surface area contributed by atoms with Crippen LogP contribution in [0.2, 0.25) is 1.41 Å². The first kappa shape index (κ1) is 17.3. The van der Waals surface area contributed by atoms with E-state index in [-0.39, 0.29) is 12.2 Å². The van der Waals surface area contributed by atoms with Gasteiger partial charge < -0.3 is 4.90 Å². The number of para-hydroxylation sites is 1.